The average molecular weight is 320 g/mol. The van der Waals surface area contributed by atoms with Crippen molar-refractivity contribution in [3.63, 3.8) is 0 Å². The summed E-state index contributed by atoms with van der Waals surface area (Å²) in [5.74, 6) is 1.02. The summed E-state index contributed by atoms with van der Waals surface area (Å²) in [6.07, 6.45) is 2.03. The van der Waals surface area contributed by atoms with Crippen molar-refractivity contribution in [1.82, 2.24) is 19.7 Å². The number of hydrogen-bond acceptors (Lipinski definition) is 5. The van der Waals surface area contributed by atoms with Gasteiger partial charge in [-0.15, -0.1) is 0 Å². The van der Waals surface area contributed by atoms with E-state index >= 15 is 0 Å². The third kappa shape index (κ3) is 3.39. The van der Waals surface area contributed by atoms with Crippen molar-refractivity contribution in [2.45, 2.75) is 52.0 Å². The number of morpholine rings is 1. The molecule has 0 saturated carbocycles. The largest absolute Gasteiger partial charge is 0.368 e. The zero-order chi connectivity index (χ0) is 15.7. The van der Waals surface area contributed by atoms with Crippen LogP contribution in [-0.4, -0.2) is 38.9 Å². The molecule has 5 nitrogen and oxygen atoms in total. The van der Waals surface area contributed by atoms with Gasteiger partial charge in [-0.25, -0.2) is 9.67 Å². The molecule has 0 aliphatic carbocycles. The fourth-order valence-corrected chi connectivity index (χ4v) is 3.65. The van der Waals surface area contributed by atoms with Gasteiger partial charge in [-0.3, -0.25) is 4.90 Å². The van der Waals surface area contributed by atoms with E-state index in [4.69, 9.17) is 4.74 Å². The molecule has 1 saturated heterocycles. The lowest BCUT2D eigenvalue weighted by atomic mass is 10.1. The van der Waals surface area contributed by atoms with E-state index in [1.807, 2.05) is 4.68 Å². The van der Waals surface area contributed by atoms with Gasteiger partial charge < -0.3 is 4.74 Å². The summed E-state index contributed by atoms with van der Waals surface area (Å²) in [5, 5.41) is 8.68. The standard InChI is InChI=1S/C16H24N4OS/c1-12-7-19(8-14(21-12)13-5-6-22-10-13)9-15-17-11-18-20(15)16(2,3)4/h5-6,10-12,14H,7-9H2,1-4H3/t12-,14+/m0/s1. The Balaban J connectivity index is 1.74. The number of rotatable bonds is 3. The van der Waals surface area contributed by atoms with Gasteiger partial charge in [-0.2, -0.15) is 16.4 Å². The van der Waals surface area contributed by atoms with Crippen LogP contribution >= 0.6 is 11.3 Å². The van der Waals surface area contributed by atoms with Crippen LogP contribution in [0.1, 0.15) is 45.2 Å². The molecule has 0 N–H and O–H groups in total. The predicted octanol–water partition coefficient (Wildman–Crippen LogP) is 3.06. The third-order valence-corrected chi connectivity index (χ3v) is 4.57. The van der Waals surface area contributed by atoms with Crippen LogP contribution in [0.4, 0.5) is 0 Å². The van der Waals surface area contributed by atoms with Crippen molar-refractivity contribution in [2.24, 2.45) is 0 Å². The van der Waals surface area contributed by atoms with Gasteiger partial charge in [0.15, 0.2) is 0 Å². The molecule has 0 radical (unpaired) electrons. The van der Waals surface area contributed by atoms with Crippen molar-refractivity contribution >= 4 is 11.3 Å². The molecule has 22 heavy (non-hydrogen) atoms. The van der Waals surface area contributed by atoms with Gasteiger partial charge in [0.25, 0.3) is 0 Å². The molecule has 6 heteroatoms. The van der Waals surface area contributed by atoms with Crippen LogP contribution in [0.3, 0.4) is 0 Å². The third-order valence-electron chi connectivity index (χ3n) is 3.87. The zero-order valence-corrected chi connectivity index (χ0v) is 14.5. The van der Waals surface area contributed by atoms with Crippen molar-refractivity contribution in [1.29, 1.82) is 0 Å². The second-order valence-electron chi connectivity index (χ2n) is 6.94. The first-order valence-electron chi connectivity index (χ1n) is 7.73. The van der Waals surface area contributed by atoms with E-state index in [1.54, 1.807) is 17.7 Å². The monoisotopic (exact) mass is 320 g/mol. The maximum Gasteiger partial charge on any atom is 0.141 e. The lowest BCUT2D eigenvalue weighted by Gasteiger charge is -2.36. The summed E-state index contributed by atoms with van der Waals surface area (Å²) < 4.78 is 8.12. The van der Waals surface area contributed by atoms with E-state index < -0.39 is 0 Å². The normalized spacial score (nSPS) is 23.8. The highest BCUT2D eigenvalue weighted by Gasteiger charge is 2.28. The minimum atomic E-state index is -0.0451. The predicted molar refractivity (Wildman–Crippen MR) is 87.9 cm³/mol. The fraction of sp³-hybridized carbons (Fsp3) is 0.625. The molecular formula is C16H24N4OS. The summed E-state index contributed by atoms with van der Waals surface area (Å²) in [5.41, 5.74) is 1.23. The Bertz CT molecular complexity index is 602. The highest BCUT2D eigenvalue weighted by molar-refractivity contribution is 7.07. The number of aromatic nitrogens is 3. The summed E-state index contributed by atoms with van der Waals surface area (Å²) in [6.45, 7) is 11.2. The zero-order valence-electron chi connectivity index (χ0n) is 13.7. The molecule has 1 fully saturated rings. The minimum absolute atomic E-state index is 0.0451. The van der Waals surface area contributed by atoms with Crippen LogP contribution in [0.2, 0.25) is 0 Å². The molecule has 3 rings (SSSR count). The second kappa shape index (κ2) is 6.10. The Hall–Kier alpha value is -1.24. The molecule has 1 aliphatic heterocycles. The van der Waals surface area contributed by atoms with Crippen LogP contribution in [-0.2, 0) is 16.8 Å². The van der Waals surface area contributed by atoms with Crippen molar-refractivity contribution in [3.8, 4) is 0 Å². The highest BCUT2D eigenvalue weighted by Crippen LogP contribution is 2.27. The number of hydrogen-bond donors (Lipinski definition) is 0. The van der Waals surface area contributed by atoms with Crippen LogP contribution in [0, 0.1) is 0 Å². The van der Waals surface area contributed by atoms with Crippen LogP contribution in [0.25, 0.3) is 0 Å². The topological polar surface area (TPSA) is 43.2 Å². The van der Waals surface area contributed by atoms with Gasteiger partial charge in [0.2, 0.25) is 0 Å². The van der Waals surface area contributed by atoms with Crippen LogP contribution in [0.5, 0.6) is 0 Å². The molecule has 2 aromatic heterocycles. The molecule has 0 spiro atoms. The molecule has 0 bridgehead atoms. The van der Waals surface area contributed by atoms with E-state index in [9.17, 15) is 0 Å². The summed E-state index contributed by atoms with van der Waals surface area (Å²) in [7, 11) is 0. The van der Waals surface area contributed by atoms with Crippen molar-refractivity contribution in [2.75, 3.05) is 13.1 Å². The molecule has 0 unspecified atom stereocenters. The van der Waals surface area contributed by atoms with Gasteiger partial charge >= 0.3 is 0 Å². The maximum absolute atomic E-state index is 6.10. The van der Waals surface area contributed by atoms with E-state index in [1.165, 1.54) is 5.56 Å². The first-order valence-corrected chi connectivity index (χ1v) is 8.67. The summed E-state index contributed by atoms with van der Waals surface area (Å²) in [4.78, 5) is 6.88. The Labute approximate surface area is 135 Å². The van der Waals surface area contributed by atoms with Crippen LogP contribution in [0.15, 0.2) is 23.2 Å². The number of thiophene rings is 1. The molecule has 0 amide bonds. The first-order chi connectivity index (χ1) is 10.4. The van der Waals surface area contributed by atoms with Gasteiger partial charge in [0.05, 0.1) is 24.3 Å². The molecule has 2 aromatic rings. The lowest BCUT2D eigenvalue weighted by Crippen LogP contribution is -2.43. The molecular weight excluding hydrogens is 296 g/mol. The highest BCUT2D eigenvalue weighted by atomic mass is 32.1. The minimum Gasteiger partial charge on any atom is -0.368 e. The number of ether oxygens (including phenoxy) is 1. The quantitative estimate of drug-likeness (QED) is 0.872. The molecule has 3 heterocycles. The van der Waals surface area contributed by atoms with E-state index in [0.717, 1.165) is 25.5 Å². The SMILES string of the molecule is C[C@H]1CN(Cc2ncnn2C(C)(C)C)C[C@H](c2ccsc2)O1. The number of nitrogens with zero attached hydrogens (tertiary/aromatic N) is 4. The fourth-order valence-electron chi connectivity index (χ4n) is 2.94. The van der Waals surface area contributed by atoms with E-state index in [-0.39, 0.29) is 17.7 Å². The van der Waals surface area contributed by atoms with Gasteiger partial charge in [-0.1, -0.05) is 0 Å². The molecule has 120 valence electrons. The second-order valence-corrected chi connectivity index (χ2v) is 7.73. The van der Waals surface area contributed by atoms with Crippen molar-refractivity contribution < 1.29 is 4.74 Å². The Morgan fingerprint density at radius 3 is 2.86 bits per heavy atom. The van der Waals surface area contributed by atoms with Crippen molar-refractivity contribution in [3.05, 3.63) is 34.5 Å². The van der Waals surface area contributed by atoms with E-state index in [0.29, 0.717) is 0 Å². The molecule has 0 aromatic carbocycles. The molecule has 1 aliphatic rings. The Morgan fingerprint density at radius 1 is 1.36 bits per heavy atom. The Kier molecular flexibility index (Phi) is 4.34. The first kappa shape index (κ1) is 15.6. The summed E-state index contributed by atoms with van der Waals surface area (Å²) >= 11 is 1.72. The lowest BCUT2D eigenvalue weighted by molar-refractivity contribution is -0.0822. The Morgan fingerprint density at radius 2 is 2.18 bits per heavy atom. The average Bonchev–Trinajstić information content (AvgIpc) is 3.07. The molecule has 2 atom stereocenters. The van der Waals surface area contributed by atoms with Gasteiger partial charge in [-0.05, 0) is 50.1 Å². The maximum atomic E-state index is 6.10. The summed E-state index contributed by atoms with van der Waals surface area (Å²) in [6, 6.07) is 2.16. The van der Waals surface area contributed by atoms with Gasteiger partial charge in [0.1, 0.15) is 12.2 Å². The smallest absolute Gasteiger partial charge is 0.141 e. The van der Waals surface area contributed by atoms with E-state index in [2.05, 4.69) is 59.5 Å². The van der Waals surface area contributed by atoms with Crippen LogP contribution < -0.4 is 0 Å². The van der Waals surface area contributed by atoms with Gasteiger partial charge in [0, 0.05) is 13.1 Å².